The molecule has 132 valence electrons. The minimum Gasteiger partial charge on any atom is -0.335 e. The topological polar surface area (TPSA) is 54.0 Å². The number of carbonyl (C=O) groups excluding carboxylic acids is 1. The zero-order chi connectivity index (χ0) is 17.8. The molecule has 1 aliphatic rings. The second-order valence-corrected chi connectivity index (χ2v) is 6.92. The Bertz CT molecular complexity index is 911. The molecular formula is C22H23N3O. The lowest BCUT2D eigenvalue weighted by molar-refractivity contribution is 0.244. The second kappa shape index (κ2) is 7.56. The molecule has 1 aromatic heterocycles. The fraction of sp³-hybridized carbons (Fsp3) is 0.273. The summed E-state index contributed by atoms with van der Waals surface area (Å²) >= 11 is 0. The van der Waals surface area contributed by atoms with Gasteiger partial charge in [-0.15, -0.1) is 0 Å². The maximum absolute atomic E-state index is 12.3. The molecule has 3 aromatic rings. The van der Waals surface area contributed by atoms with E-state index in [1.54, 1.807) is 0 Å². The molecule has 0 aliphatic heterocycles. The number of nitrogens with one attached hydrogen (secondary N) is 2. The molecule has 4 heteroatoms. The van der Waals surface area contributed by atoms with Crippen LogP contribution in [0.4, 0.5) is 10.5 Å². The molecule has 0 radical (unpaired) electrons. The summed E-state index contributed by atoms with van der Waals surface area (Å²) < 4.78 is 0. The van der Waals surface area contributed by atoms with E-state index in [4.69, 9.17) is 0 Å². The molecule has 26 heavy (non-hydrogen) atoms. The first-order chi connectivity index (χ1) is 12.8. The molecule has 0 unspecified atom stereocenters. The second-order valence-electron chi connectivity index (χ2n) is 6.92. The summed E-state index contributed by atoms with van der Waals surface area (Å²) in [6.07, 6.45) is 9.54. The van der Waals surface area contributed by atoms with E-state index in [-0.39, 0.29) is 6.03 Å². The molecule has 2 N–H and O–H groups in total. The lowest BCUT2D eigenvalue weighted by atomic mass is 9.96. The number of rotatable bonds is 3. The van der Waals surface area contributed by atoms with Crippen LogP contribution in [0.15, 0.2) is 60.9 Å². The van der Waals surface area contributed by atoms with Crippen molar-refractivity contribution < 1.29 is 4.79 Å². The average molecular weight is 345 g/mol. The summed E-state index contributed by atoms with van der Waals surface area (Å²) in [4.78, 5) is 16.5. The fourth-order valence-electron chi connectivity index (χ4n) is 3.74. The van der Waals surface area contributed by atoms with Crippen LogP contribution in [0.5, 0.6) is 0 Å². The van der Waals surface area contributed by atoms with E-state index in [1.807, 2.05) is 42.7 Å². The van der Waals surface area contributed by atoms with E-state index in [1.165, 1.54) is 19.3 Å². The van der Waals surface area contributed by atoms with Crippen molar-refractivity contribution in [3.63, 3.8) is 0 Å². The Kier molecular flexibility index (Phi) is 4.82. The quantitative estimate of drug-likeness (QED) is 0.672. The smallest absolute Gasteiger partial charge is 0.319 e. The molecule has 1 fully saturated rings. The van der Waals surface area contributed by atoms with Crippen LogP contribution in [-0.2, 0) is 0 Å². The molecule has 0 saturated heterocycles. The number of anilines is 1. The molecular weight excluding hydrogens is 322 g/mol. The molecule has 0 atom stereocenters. The molecule has 0 bridgehead atoms. The molecule has 0 spiro atoms. The van der Waals surface area contributed by atoms with Crippen molar-refractivity contribution in [2.45, 2.75) is 38.1 Å². The van der Waals surface area contributed by atoms with E-state index in [0.29, 0.717) is 6.04 Å². The third-order valence-electron chi connectivity index (χ3n) is 5.05. The highest BCUT2D eigenvalue weighted by Crippen LogP contribution is 2.29. The standard InChI is InChI=1S/C22H23N3O/c26-22(24-18-8-2-1-3-9-18)25-19-10-4-6-16(14-19)20-11-5-7-17-15-23-13-12-21(17)20/h4-7,10-15,18H,1-3,8-9H2,(H2,24,25,26). The number of nitrogens with zero attached hydrogens (tertiary/aromatic N) is 1. The Hall–Kier alpha value is -2.88. The van der Waals surface area contributed by atoms with Crippen molar-refractivity contribution in [2.24, 2.45) is 0 Å². The highest BCUT2D eigenvalue weighted by atomic mass is 16.2. The summed E-state index contributed by atoms with van der Waals surface area (Å²) in [6, 6.07) is 16.4. The number of pyridine rings is 1. The van der Waals surface area contributed by atoms with Gasteiger partial charge in [0.25, 0.3) is 0 Å². The van der Waals surface area contributed by atoms with E-state index in [2.05, 4.69) is 33.8 Å². The van der Waals surface area contributed by atoms with Crippen molar-refractivity contribution in [3.05, 3.63) is 60.9 Å². The molecule has 1 aliphatic carbocycles. The van der Waals surface area contributed by atoms with Gasteiger partial charge in [-0.25, -0.2) is 4.79 Å². The zero-order valence-electron chi connectivity index (χ0n) is 14.7. The predicted molar refractivity (Wildman–Crippen MR) is 106 cm³/mol. The van der Waals surface area contributed by atoms with Gasteiger partial charge in [0.15, 0.2) is 0 Å². The number of benzene rings is 2. The summed E-state index contributed by atoms with van der Waals surface area (Å²) in [5, 5.41) is 8.35. The fourth-order valence-corrected chi connectivity index (χ4v) is 3.74. The minimum absolute atomic E-state index is 0.115. The molecule has 4 rings (SSSR count). The zero-order valence-corrected chi connectivity index (χ0v) is 14.7. The van der Waals surface area contributed by atoms with Crippen molar-refractivity contribution in [2.75, 3.05) is 5.32 Å². The Labute approximate surface area is 153 Å². The number of aromatic nitrogens is 1. The molecule has 2 aromatic carbocycles. The van der Waals surface area contributed by atoms with Gasteiger partial charge in [-0.3, -0.25) is 4.98 Å². The van der Waals surface area contributed by atoms with Crippen LogP contribution in [0.25, 0.3) is 21.9 Å². The predicted octanol–water partition coefficient (Wildman–Crippen LogP) is 5.36. The van der Waals surface area contributed by atoms with Gasteiger partial charge in [-0.05, 0) is 47.6 Å². The van der Waals surface area contributed by atoms with Crippen molar-refractivity contribution in [3.8, 4) is 11.1 Å². The number of urea groups is 1. The van der Waals surface area contributed by atoms with Gasteiger partial charge >= 0.3 is 6.03 Å². The number of fused-ring (bicyclic) bond motifs is 1. The first kappa shape index (κ1) is 16.6. The number of carbonyl (C=O) groups is 1. The largest absolute Gasteiger partial charge is 0.335 e. The summed E-state index contributed by atoms with van der Waals surface area (Å²) in [5.41, 5.74) is 3.03. The summed E-state index contributed by atoms with van der Waals surface area (Å²) in [5.74, 6) is 0. The Balaban J connectivity index is 1.53. The Morgan fingerprint density at radius 3 is 2.73 bits per heavy atom. The normalized spacial score (nSPS) is 14.9. The van der Waals surface area contributed by atoms with E-state index >= 15 is 0 Å². The lowest BCUT2D eigenvalue weighted by Crippen LogP contribution is -2.39. The van der Waals surface area contributed by atoms with Crippen molar-refractivity contribution in [1.82, 2.24) is 10.3 Å². The van der Waals surface area contributed by atoms with Crippen LogP contribution in [0.1, 0.15) is 32.1 Å². The van der Waals surface area contributed by atoms with Crippen LogP contribution in [0, 0.1) is 0 Å². The third-order valence-corrected chi connectivity index (χ3v) is 5.05. The third kappa shape index (κ3) is 3.69. The van der Waals surface area contributed by atoms with E-state index < -0.39 is 0 Å². The molecule has 2 amide bonds. The lowest BCUT2D eigenvalue weighted by Gasteiger charge is -2.23. The first-order valence-corrected chi connectivity index (χ1v) is 9.30. The van der Waals surface area contributed by atoms with Gasteiger partial charge in [-0.1, -0.05) is 49.6 Å². The van der Waals surface area contributed by atoms with Crippen molar-refractivity contribution >= 4 is 22.5 Å². The highest BCUT2D eigenvalue weighted by Gasteiger charge is 2.15. The van der Waals surface area contributed by atoms with E-state index in [9.17, 15) is 4.79 Å². The Morgan fingerprint density at radius 1 is 1.00 bits per heavy atom. The first-order valence-electron chi connectivity index (χ1n) is 9.30. The maximum atomic E-state index is 12.3. The van der Waals surface area contributed by atoms with Gasteiger partial charge in [0.2, 0.25) is 0 Å². The monoisotopic (exact) mass is 345 g/mol. The molecule has 1 saturated carbocycles. The highest BCUT2D eigenvalue weighted by molar-refractivity contribution is 5.97. The summed E-state index contributed by atoms with van der Waals surface area (Å²) in [7, 11) is 0. The van der Waals surface area contributed by atoms with Crippen LogP contribution in [0.2, 0.25) is 0 Å². The Morgan fingerprint density at radius 2 is 1.85 bits per heavy atom. The van der Waals surface area contributed by atoms with Gasteiger partial charge in [0, 0.05) is 29.5 Å². The number of hydrogen-bond donors (Lipinski definition) is 2. The molecule has 4 nitrogen and oxygen atoms in total. The van der Waals surface area contributed by atoms with Crippen LogP contribution in [-0.4, -0.2) is 17.1 Å². The van der Waals surface area contributed by atoms with Crippen LogP contribution < -0.4 is 10.6 Å². The molecule has 1 heterocycles. The van der Waals surface area contributed by atoms with Gasteiger partial charge in [0.05, 0.1) is 0 Å². The maximum Gasteiger partial charge on any atom is 0.319 e. The average Bonchev–Trinajstić information content (AvgIpc) is 2.68. The number of hydrogen-bond acceptors (Lipinski definition) is 2. The number of amides is 2. The minimum atomic E-state index is -0.115. The van der Waals surface area contributed by atoms with Gasteiger partial charge in [-0.2, -0.15) is 0 Å². The summed E-state index contributed by atoms with van der Waals surface area (Å²) in [6.45, 7) is 0. The van der Waals surface area contributed by atoms with Crippen molar-refractivity contribution in [1.29, 1.82) is 0 Å². The van der Waals surface area contributed by atoms with Gasteiger partial charge in [0.1, 0.15) is 0 Å². The van der Waals surface area contributed by atoms with Crippen LogP contribution >= 0.6 is 0 Å². The van der Waals surface area contributed by atoms with Crippen LogP contribution in [0.3, 0.4) is 0 Å². The van der Waals surface area contributed by atoms with Gasteiger partial charge < -0.3 is 10.6 Å². The SMILES string of the molecule is O=C(Nc1cccc(-c2cccc3cnccc23)c1)NC1CCCCC1. The van der Waals surface area contributed by atoms with E-state index in [0.717, 1.165) is 40.4 Å².